The van der Waals surface area contributed by atoms with Crippen LogP contribution in [0.25, 0.3) is 0 Å². The van der Waals surface area contributed by atoms with Gasteiger partial charge in [0.25, 0.3) is 0 Å². The van der Waals surface area contributed by atoms with Crippen LogP contribution in [0.15, 0.2) is 72.9 Å². The molecule has 1 aliphatic heterocycles. The van der Waals surface area contributed by atoms with Gasteiger partial charge >= 0.3 is 0 Å². The Morgan fingerprint density at radius 3 is 2.61 bits per heavy atom. The number of aromatic nitrogens is 1. The summed E-state index contributed by atoms with van der Waals surface area (Å²) in [5, 5.41) is 2.85. The van der Waals surface area contributed by atoms with E-state index in [0.29, 0.717) is 13.1 Å². The lowest BCUT2D eigenvalue weighted by Crippen LogP contribution is -2.41. The second-order valence-electron chi connectivity index (χ2n) is 7.95. The minimum absolute atomic E-state index is 0.00833. The first-order valence-corrected chi connectivity index (χ1v) is 10.7. The lowest BCUT2D eigenvalue weighted by Gasteiger charge is -2.38. The van der Waals surface area contributed by atoms with Gasteiger partial charge < -0.3 is 10.2 Å². The molecule has 158 valence electrons. The number of amides is 2. The van der Waals surface area contributed by atoms with Crippen LogP contribution in [-0.2, 0) is 22.6 Å². The van der Waals surface area contributed by atoms with E-state index in [9.17, 15) is 9.59 Å². The number of aryl methyl sites for hydroxylation is 1. The molecule has 5 nitrogen and oxygen atoms in total. The summed E-state index contributed by atoms with van der Waals surface area (Å²) in [7, 11) is 0. The number of pyridine rings is 1. The van der Waals surface area contributed by atoms with Crippen molar-refractivity contribution in [3.63, 3.8) is 0 Å². The van der Waals surface area contributed by atoms with Crippen LogP contribution >= 0.6 is 0 Å². The first-order chi connectivity index (χ1) is 15.1. The zero-order valence-corrected chi connectivity index (χ0v) is 17.8. The van der Waals surface area contributed by atoms with E-state index in [1.807, 2.05) is 41.3 Å². The average Bonchev–Trinajstić information content (AvgIpc) is 2.81. The molecule has 2 amide bonds. The Morgan fingerprint density at radius 2 is 1.84 bits per heavy atom. The number of benzene rings is 2. The van der Waals surface area contributed by atoms with E-state index in [1.54, 1.807) is 6.20 Å². The summed E-state index contributed by atoms with van der Waals surface area (Å²) >= 11 is 0. The summed E-state index contributed by atoms with van der Waals surface area (Å²) in [6.07, 6.45) is 2.89. The topological polar surface area (TPSA) is 62.3 Å². The van der Waals surface area contributed by atoms with E-state index in [0.717, 1.165) is 17.7 Å². The summed E-state index contributed by atoms with van der Waals surface area (Å²) in [6, 6.07) is 22.1. The summed E-state index contributed by atoms with van der Waals surface area (Å²) in [6.45, 7) is 3.11. The molecule has 0 radical (unpaired) electrons. The molecule has 1 atom stereocenters. The molecule has 0 fully saturated rings. The second kappa shape index (κ2) is 9.56. The van der Waals surface area contributed by atoms with Crippen molar-refractivity contribution in [3.05, 3.63) is 101 Å². The number of fused-ring (bicyclic) bond motifs is 1. The molecular formula is C26H27N3O2. The van der Waals surface area contributed by atoms with E-state index in [2.05, 4.69) is 47.6 Å². The van der Waals surface area contributed by atoms with Crippen molar-refractivity contribution in [2.24, 2.45) is 0 Å². The second-order valence-corrected chi connectivity index (χ2v) is 7.95. The fourth-order valence-electron chi connectivity index (χ4n) is 4.14. The van der Waals surface area contributed by atoms with Gasteiger partial charge in [0.05, 0.1) is 18.3 Å². The number of carbonyl (C=O) groups excluding carboxylic acids is 2. The summed E-state index contributed by atoms with van der Waals surface area (Å²) in [5.41, 5.74) is 5.56. The smallest absolute Gasteiger partial charge is 0.223 e. The maximum atomic E-state index is 13.2. The standard InChI is InChI=1S/C26H27N3O2/c1-19-10-11-20-14-16-29(26(23(20)17-19)21-7-3-2-4-8-21)25(31)13-12-24(30)28-18-22-9-5-6-15-27-22/h2-11,15,17,26H,12-14,16,18H2,1H3,(H,28,30). The van der Waals surface area contributed by atoms with Crippen LogP contribution in [-0.4, -0.2) is 28.2 Å². The first-order valence-electron chi connectivity index (χ1n) is 10.7. The third-order valence-electron chi connectivity index (χ3n) is 5.72. The fraction of sp³-hybridized carbons (Fsp3) is 0.269. The first kappa shape index (κ1) is 20.8. The molecule has 3 aromatic rings. The van der Waals surface area contributed by atoms with Gasteiger partial charge in [-0.3, -0.25) is 14.6 Å². The highest BCUT2D eigenvalue weighted by atomic mass is 16.2. The molecule has 0 saturated carbocycles. The zero-order chi connectivity index (χ0) is 21.6. The summed E-state index contributed by atoms with van der Waals surface area (Å²) in [4.78, 5) is 31.6. The van der Waals surface area contributed by atoms with Gasteiger partial charge in [0.1, 0.15) is 0 Å². The van der Waals surface area contributed by atoms with Crippen molar-refractivity contribution in [1.29, 1.82) is 0 Å². The van der Waals surface area contributed by atoms with Crippen molar-refractivity contribution in [2.75, 3.05) is 6.54 Å². The molecule has 0 spiro atoms. The Kier molecular flexibility index (Phi) is 6.41. The average molecular weight is 414 g/mol. The van der Waals surface area contributed by atoms with E-state index in [4.69, 9.17) is 0 Å². The molecule has 0 saturated heterocycles. The minimum atomic E-state index is -0.136. The molecule has 1 N–H and O–H groups in total. The Morgan fingerprint density at radius 1 is 1.03 bits per heavy atom. The quantitative estimate of drug-likeness (QED) is 0.665. The molecule has 5 heteroatoms. The molecule has 2 heterocycles. The zero-order valence-electron chi connectivity index (χ0n) is 17.8. The van der Waals surface area contributed by atoms with Crippen molar-refractivity contribution in [3.8, 4) is 0 Å². The normalized spacial score (nSPS) is 15.3. The van der Waals surface area contributed by atoms with Crippen LogP contribution in [0.3, 0.4) is 0 Å². The van der Waals surface area contributed by atoms with Crippen molar-refractivity contribution >= 4 is 11.8 Å². The number of hydrogen-bond acceptors (Lipinski definition) is 3. The van der Waals surface area contributed by atoms with E-state index < -0.39 is 0 Å². The van der Waals surface area contributed by atoms with Crippen LogP contribution in [0.4, 0.5) is 0 Å². The van der Waals surface area contributed by atoms with Gasteiger partial charge in [-0.2, -0.15) is 0 Å². The van der Waals surface area contributed by atoms with Gasteiger partial charge in [0.15, 0.2) is 0 Å². The predicted molar refractivity (Wildman–Crippen MR) is 120 cm³/mol. The van der Waals surface area contributed by atoms with E-state index in [-0.39, 0.29) is 30.7 Å². The molecule has 1 aliphatic rings. The van der Waals surface area contributed by atoms with Crippen LogP contribution in [0.2, 0.25) is 0 Å². The van der Waals surface area contributed by atoms with Gasteiger partial charge in [-0.25, -0.2) is 0 Å². The molecule has 0 bridgehead atoms. The Balaban J connectivity index is 1.45. The predicted octanol–water partition coefficient (Wildman–Crippen LogP) is 3.96. The lowest BCUT2D eigenvalue weighted by atomic mass is 9.87. The SMILES string of the molecule is Cc1ccc2c(c1)C(c1ccccc1)N(C(=O)CCC(=O)NCc1ccccn1)CC2. The highest BCUT2D eigenvalue weighted by Gasteiger charge is 2.31. The maximum Gasteiger partial charge on any atom is 0.223 e. The van der Waals surface area contributed by atoms with E-state index >= 15 is 0 Å². The van der Waals surface area contributed by atoms with Crippen molar-refractivity contribution in [1.82, 2.24) is 15.2 Å². The van der Waals surface area contributed by atoms with Crippen LogP contribution in [0.1, 0.15) is 46.8 Å². The molecule has 1 unspecified atom stereocenters. The molecule has 1 aromatic heterocycles. The fourth-order valence-corrected chi connectivity index (χ4v) is 4.14. The van der Waals surface area contributed by atoms with E-state index in [1.165, 1.54) is 16.7 Å². The molecule has 2 aromatic carbocycles. The van der Waals surface area contributed by atoms with Crippen molar-refractivity contribution < 1.29 is 9.59 Å². The maximum absolute atomic E-state index is 13.2. The molecular weight excluding hydrogens is 386 g/mol. The van der Waals surface area contributed by atoms with Crippen LogP contribution < -0.4 is 5.32 Å². The molecule has 31 heavy (non-hydrogen) atoms. The van der Waals surface area contributed by atoms with Crippen LogP contribution in [0.5, 0.6) is 0 Å². The monoisotopic (exact) mass is 413 g/mol. The number of hydrogen-bond donors (Lipinski definition) is 1. The molecule has 4 rings (SSSR count). The van der Waals surface area contributed by atoms with Gasteiger partial charge in [-0.05, 0) is 42.2 Å². The highest BCUT2D eigenvalue weighted by Crippen LogP contribution is 2.36. The van der Waals surface area contributed by atoms with Gasteiger partial charge in [0, 0.05) is 25.6 Å². The van der Waals surface area contributed by atoms with Gasteiger partial charge in [0.2, 0.25) is 11.8 Å². The van der Waals surface area contributed by atoms with Crippen LogP contribution in [0, 0.1) is 6.92 Å². The lowest BCUT2D eigenvalue weighted by molar-refractivity contribution is -0.135. The van der Waals surface area contributed by atoms with Gasteiger partial charge in [-0.15, -0.1) is 0 Å². The number of nitrogens with one attached hydrogen (secondary N) is 1. The van der Waals surface area contributed by atoms with Gasteiger partial charge in [-0.1, -0.05) is 60.2 Å². The third-order valence-corrected chi connectivity index (χ3v) is 5.72. The Labute approximate surface area is 183 Å². The largest absolute Gasteiger partial charge is 0.350 e. The van der Waals surface area contributed by atoms with Crippen molar-refractivity contribution in [2.45, 2.75) is 38.8 Å². The Bertz CT molecular complexity index is 1050. The number of rotatable bonds is 6. The Hall–Kier alpha value is -3.47. The molecule has 0 aliphatic carbocycles. The highest BCUT2D eigenvalue weighted by molar-refractivity contribution is 5.84. The minimum Gasteiger partial charge on any atom is -0.350 e. The number of carbonyl (C=O) groups is 2. The summed E-state index contributed by atoms with van der Waals surface area (Å²) in [5.74, 6) is -0.127. The summed E-state index contributed by atoms with van der Waals surface area (Å²) < 4.78 is 0. The number of nitrogens with zero attached hydrogens (tertiary/aromatic N) is 2. The third kappa shape index (κ3) is 5.00.